The van der Waals surface area contributed by atoms with Crippen LogP contribution in [0.1, 0.15) is 50.4 Å². The van der Waals surface area contributed by atoms with E-state index < -0.39 is 38.1 Å². The minimum atomic E-state index is -3.71. The molecule has 1 amide bonds. The number of benzene rings is 1. The number of nitrogens with one attached hydrogen (secondary N) is 1. The Hall–Kier alpha value is -2.23. The first kappa shape index (κ1) is 33.3. The van der Waals surface area contributed by atoms with Crippen LogP contribution in [-0.2, 0) is 24.8 Å². The molecular formula is C27H41N3O8S3. The zero-order valence-corrected chi connectivity index (χ0v) is 26.6. The monoisotopic (exact) mass is 631 g/mol. The summed E-state index contributed by atoms with van der Waals surface area (Å²) >= 11 is 1.14. The summed E-state index contributed by atoms with van der Waals surface area (Å²) in [6, 6.07) is 7.21. The van der Waals surface area contributed by atoms with E-state index in [0.29, 0.717) is 18.8 Å². The highest BCUT2D eigenvalue weighted by Gasteiger charge is 2.32. The molecule has 2 aromatic rings. The van der Waals surface area contributed by atoms with E-state index in [0.717, 1.165) is 30.4 Å². The predicted molar refractivity (Wildman–Crippen MR) is 159 cm³/mol. The maximum atomic E-state index is 14.0. The number of hydrogen-bond acceptors (Lipinski definition) is 9. The summed E-state index contributed by atoms with van der Waals surface area (Å²) in [5.41, 5.74) is 0.369. The number of nitrogens with zero attached hydrogens (tertiary/aromatic N) is 2. The van der Waals surface area contributed by atoms with E-state index in [4.69, 9.17) is 9.47 Å². The van der Waals surface area contributed by atoms with Gasteiger partial charge in [-0.1, -0.05) is 13.0 Å². The highest BCUT2D eigenvalue weighted by Crippen LogP contribution is 2.29. The molecule has 1 aromatic heterocycles. The van der Waals surface area contributed by atoms with Gasteiger partial charge in [-0.05, 0) is 62.8 Å². The Morgan fingerprint density at radius 2 is 1.93 bits per heavy atom. The highest BCUT2D eigenvalue weighted by atomic mass is 32.2. The van der Waals surface area contributed by atoms with Crippen molar-refractivity contribution in [1.29, 1.82) is 0 Å². The first-order valence-electron chi connectivity index (χ1n) is 13.5. The number of likely N-dealkylation sites (N-methyl/N-ethyl adjacent to an activating group) is 1. The fourth-order valence-electron chi connectivity index (χ4n) is 4.58. The summed E-state index contributed by atoms with van der Waals surface area (Å²) in [6.45, 7) is 5.81. The van der Waals surface area contributed by atoms with E-state index >= 15 is 0 Å². The van der Waals surface area contributed by atoms with Gasteiger partial charge in [-0.25, -0.2) is 16.8 Å². The Bertz CT molecular complexity index is 1370. The van der Waals surface area contributed by atoms with Gasteiger partial charge >= 0.3 is 0 Å². The molecule has 0 fully saturated rings. The molecule has 2 heterocycles. The van der Waals surface area contributed by atoms with Gasteiger partial charge in [0.25, 0.3) is 15.9 Å². The number of sulfonamides is 2. The lowest BCUT2D eigenvalue weighted by atomic mass is 10.0. The number of aliphatic hydroxyl groups is 1. The molecule has 0 aliphatic carbocycles. The van der Waals surface area contributed by atoms with E-state index in [1.807, 2.05) is 13.8 Å². The molecule has 0 spiro atoms. The number of fused-ring (bicyclic) bond motifs is 1. The Labute approximate surface area is 247 Å². The summed E-state index contributed by atoms with van der Waals surface area (Å²) in [5.74, 6) is -0.457. The van der Waals surface area contributed by atoms with Crippen LogP contribution in [0, 0.1) is 5.92 Å². The molecular weight excluding hydrogens is 591 g/mol. The lowest BCUT2D eigenvalue weighted by Gasteiger charge is -2.35. The Balaban J connectivity index is 1.98. The predicted octanol–water partition coefficient (Wildman–Crippen LogP) is 3.24. The smallest absolute Gasteiger partial charge is 0.258 e. The van der Waals surface area contributed by atoms with Crippen molar-refractivity contribution < 1.29 is 36.2 Å². The van der Waals surface area contributed by atoms with Crippen molar-refractivity contribution in [3.63, 3.8) is 0 Å². The molecule has 0 saturated carbocycles. The third kappa shape index (κ3) is 9.13. The second-order valence-electron chi connectivity index (χ2n) is 10.6. The molecule has 2 N–H and O–H groups in total. The number of anilines is 1. The van der Waals surface area contributed by atoms with Crippen LogP contribution in [0.5, 0.6) is 5.75 Å². The van der Waals surface area contributed by atoms with Gasteiger partial charge in [-0.15, -0.1) is 11.3 Å². The number of amides is 1. The molecule has 0 bridgehead atoms. The maximum Gasteiger partial charge on any atom is 0.258 e. The zero-order chi connectivity index (χ0) is 30.4. The highest BCUT2D eigenvalue weighted by molar-refractivity contribution is 7.92. The molecule has 11 nitrogen and oxygen atoms in total. The summed E-state index contributed by atoms with van der Waals surface area (Å²) in [6.07, 6.45) is 2.46. The number of hydrogen-bond donors (Lipinski definition) is 2. The lowest BCUT2D eigenvalue weighted by molar-refractivity contribution is -0.00832. The molecule has 0 radical (unpaired) electrons. The SMILES string of the molecule is C[C@@H]1CN([C@@H](C)CO)C(=O)c2cc(NS(C)(=O)=O)ccc2O[C@@H](C)CCCCO[C@@H]1CN(C)S(=O)(=O)c1cccs1. The van der Waals surface area contributed by atoms with Crippen LogP contribution in [0.3, 0.4) is 0 Å². The van der Waals surface area contributed by atoms with Gasteiger partial charge in [-0.3, -0.25) is 9.52 Å². The van der Waals surface area contributed by atoms with E-state index in [2.05, 4.69) is 4.72 Å². The third-order valence-electron chi connectivity index (χ3n) is 6.95. The molecule has 1 aromatic carbocycles. The molecule has 41 heavy (non-hydrogen) atoms. The van der Waals surface area contributed by atoms with Crippen molar-refractivity contribution >= 4 is 43.0 Å². The van der Waals surface area contributed by atoms with Gasteiger partial charge in [0, 0.05) is 38.3 Å². The van der Waals surface area contributed by atoms with Gasteiger partial charge in [0.2, 0.25) is 10.0 Å². The molecule has 3 rings (SSSR count). The number of carbonyl (C=O) groups excluding carboxylic acids is 1. The van der Waals surface area contributed by atoms with Crippen molar-refractivity contribution in [2.45, 2.75) is 62.5 Å². The topological polar surface area (TPSA) is 143 Å². The Morgan fingerprint density at radius 3 is 2.56 bits per heavy atom. The summed E-state index contributed by atoms with van der Waals surface area (Å²) in [5, 5.41) is 11.8. The van der Waals surface area contributed by atoms with E-state index in [1.54, 1.807) is 36.6 Å². The van der Waals surface area contributed by atoms with Gasteiger partial charge in [0.15, 0.2) is 0 Å². The minimum Gasteiger partial charge on any atom is -0.490 e. The summed E-state index contributed by atoms with van der Waals surface area (Å²) in [4.78, 5) is 15.5. The van der Waals surface area contributed by atoms with Crippen molar-refractivity contribution in [2.24, 2.45) is 5.92 Å². The molecule has 0 unspecified atom stereocenters. The largest absolute Gasteiger partial charge is 0.490 e. The second-order valence-corrected chi connectivity index (χ2v) is 15.6. The number of thiophene rings is 1. The van der Waals surface area contributed by atoms with E-state index in [-0.39, 0.29) is 47.2 Å². The number of carbonyl (C=O) groups is 1. The molecule has 4 atom stereocenters. The van der Waals surface area contributed by atoms with Crippen LogP contribution in [0.2, 0.25) is 0 Å². The van der Waals surface area contributed by atoms with Crippen molar-refractivity contribution in [3.8, 4) is 5.75 Å². The molecule has 1 aliphatic heterocycles. The average Bonchev–Trinajstić information content (AvgIpc) is 3.45. The maximum absolute atomic E-state index is 14.0. The van der Waals surface area contributed by atoms with Crippen molar-refractivity contribution in [2.75, 3.05) is 44.3 Å². The van der Waals surface area contributed by atoms with Crippen LogP contribution < -0.4 is 9.46 Å². The molecule has 14 heteroatoms. The lowest BCUT2D eigenvalue weighted by Crippen LogP contribution is -2.48. The van der Waals surface area contributed by atoms with E-state index in [9.17, 15) is 26.7 Å². The molecule has 0 saturated heterocycles. The fourth-order valence-corrected chi connectivity index (χ4v) is 7.52. The van der Waals surface area contributed by atoms with Gasteiger partial charge < -0.3 is 19.5 Å². The fraction of sp³-hybridized carbons (Fsp3) is 0.593. The van der Waals surface area contributed by atoms with Crippen LogP contribution in [-0.4, -0.2) is 94.9 Å². The van der Waals surface area contributed by atoms with Crippen LogP contribution in [0.15, 0.2) is 39.9 Å². The summed E-state index contributed by atoms with van der Waals surface area (Å²) < 4.78 is 66.3. The van der Waals surface area contributed by atoms with Crippen molar-refractivity contribution in [3.05, 3.63) is 41.3 Å². The van der Waals surface area contributed by atoms with E-state index in [1.165, 1.54) is 22.3 Å². The van der Waals surface area contributed by atoms with Crippen LogP contribution >= 0.6 is 11.3 Å². The van der Waals surface area contributed by atoms with Crippen LogP contribution in [0.4, 0.5) is 5.69 Å². The van der Waals surface area contributed by atoms with Gasteiger partial charge in [-0.2, -0.15) is 4.31 Å². The first-order valence-corrected chi connectivity index (χ1v) is 17.8. The zero-order valence-electron chi connectivity index (χ0n) is 24.1. The average molecular weight is 632 g/mol. The van der Waals surface area contributed by atoms with Gasteiger partial charge in [0.1, 0.15) is 9.96 Å². The van der Waals surface area contributed by atoms with Crippen LogP contribution in [0.25, 0.3) is 0 Å². The summed E-state index contributed by atoms with van der Waals surface area (Å²) in [7, 11) is -5.79. The second kappa shape index (κ2) is 14.3. The van der Waals surface area contributed by atoms with Gasteiger partial charge in [0.05, 0.1) is 36.7 Å². The molecule has 230 valence electrons. The number of ether oxygens (including phenoxy) is 2. The standard InChI is InChI=1S/C27H41N3O8S3/c1-19-16-30(20(2)18-31)27(32)23-15-22(28-40(5,33)34)11-12-24(23)38-21(3)9-6-7-13-37-25(19)17-29(4)41(35,36)26-10-8-14-39-26/h8,10-12,14-15,19-21,25,28,31H,6-7,9,13,16-18H2,1-5H3/t19-,20+,21+,25-/m1/s1. The number of rotatable bonds is 8. The quantitative estimate of drug-likeness (QED) is 0.452. The first-order chi connectivity index (χ1) is 19.2. The minimum absolute atomic E-state index is 0.0788. The normalized spacial score (nSPS) is 22.5. The van der Waals surface area contributed by atoms with Crippen molar-refractivity contribution in [1.82, 2.24) is 9.21 Å². The molecule has 1 aliphatic rings. The Kier molecular flexibility index (Phi) is 11.6. The third-order valence-corrected chi connectivity index (χ3v) is 10.8. The number of aliphatic hydroxyl groups excluding tert-OH is 1. The Morgan fingerprint density at radius 1 is 1.20 bits per heavy atom.